The zero-order valence-electron chi connectivity index (χ0n) is 9.39. The number of methoxy groups -OCH3 is 1. The van der Waals surface area contributed by atoms with Gasteiger partial charge in [-0.25, -0.2) is 22.9 Å². The average Bonchev–Trinajstić information content (AvgIpc) is 2.75. The maximum absolute atomic E-state index is 11.8. The molecule has 0 saturated carbocycles. The highest BCUT2D eigenvalue weighted by molar-refractivity contribution is 7.91. The molecule has 0 aliphatic heterocycles. The molecule has 17 heavy (non-hydrogen) atoms. The summed E-state index contributed by atoms with van der Waals surface area (Å²) in [6, 6.07) is 0. The minimum absolute atomic E-state index is 0.112. The van der Waals surface area contributed by atoms with Crippen LogP contribution >= 0.6 is 11.3 Å². The Morgan fingerprint density at radius 2 is 2.29 bits per heavy atom. The molecule has 0 spiro atoms. The molecule has 1 N–H and O–H groups in total. The highest BCUT2D eigenvalue weighted by atomic mass is 32.2. The molecule has 6 nitrogen and oxygen atoms in total. The summed E-state index contributed by atoms with van der Waals surface area (Å²) in [6.07, 6.45) is 0. The lowest BCUT2D eigenvalue weighted by Gasteiger charge is -2.05. The van der Waals surface area contributed by atoms with E-state index in [2.05, 4.69) is 21.0 Å². The molecule has 1 rings (SSSR count). The smallest absolute Gasteiger partial charge is 0.358 e. The summed E-state index contributed by atoms with van der Waals surface area (Å²) in [7, 11) is -2.59. The second-order valence-electron chi connectivity index (χ2n) is 3.26. The first-order chi connectivity index (χ1) is 7.88. The molecule has 0 radical (unpaired) electrons. The molecule has 94 valence electrons. The van der Waals surface area contributed by atoms with Crippen LogP contribution in [0.4, 0.5) is 0 Å². The van der Waals surface area contributed by atoms with Gasteiger partial charge < -0.3 is 4.74 Å². The quantitative estimate of drug-likeness (QED) is 0.634. The third kappa shape index (κ3) is 3.35. The minimum Gasteiger partial charge on any atom is -0.464 e. The van der Waals surface area contributed by atoms with Crippen LogP contribution in [0.15, 0.2) is 21.9 Å². The number of nitrogens with zero attached hydrogens (tertiary/aromatic N) is 1. The second kappa shape index (κ2) is 5.39. The zero-order chi connectivity index (χ0) is 13.1. The molecule has 0 saturated heterocycles. The summed E-state index contributed by atoms with van der Waals surface area (Å²) in [5.41, 5.74) is 1.74. The van der Waals surface area contributed by atoms with Gasteiger partial charge in [0.15, 0.2) is 9.90 Å². The number of thiazole rings is 1. The fraction of sp³-hybridized carbons (Fsp3) is 0.333. The zero-order valence-corrected chi connectivity index (χ0v) is 11.0. The average molecular weight is 276 g/mol. The number of nitrogens with one attached hydrogen (secondary N) is 1. The first kappa shape index (κ1) is 13.8. The Kier molecular flexibility index (Phi) is 4.38. The van der Waals surface area contributed by atoms with E-state index < -0.39 is 16.0 Å². The molecule has 0 aliphatic rings. The van der Waals surface area contributed by atoms with Crippen molar-refractivity contribution in [2.45, 2.75) is 11.1 Å². The Labute approximate surface area is 103 Å². The molecule has 0 atom stereocenters. The summed E-state index contributed by atoms with van der Waals surface area (Å²) in [4.78, 5) is 15.0. The highest BCUT2D eigenvalue weighted by Crippen LogP contribution is 2.20. The third-order valence-electron chi connectivity index (χ3n) is 1.72. The van der Waals surface area contributed by atoms with Crippen LogP contribution < -0.4 is 4.72 Å². The SMILES string of the molecule is C=C(C)CNS(=O)(=O)c1scnc1C(=O)OC. The third-order valence-corrected chi connectivity index (χ3v) is 4.49. The number of carbonyl (C=O) groups is 1. The van der Waals surface area contributed by atoms with Crippen molar-refractivity contribution in [1.29, 1.82) is 0 Å². The van der Waals surface area contributed by atoms with Crippen LogP contribution in [0.2, 0.25) is 0 Å². The monoisotopic (exact) mass is 276 g/mol. The second-order valence-corrected chi connectivity index (χ2v) is 6.08. The molecule has 0 unspecified atom stereocenters. The van der Waals surface area contributed by atoms with Crippen molar-refractivity contribution in [1.82, 2.24) is 9.71 Å². The van der Waals surface area contributed by atoms with Crippen LogP contribution in [0.5, 0.6) is 0 Å². The number of hydrogen-bond donors (Lipinski definition) is 1. The van der Waals surface area contributed by atoms with Crippen LogP contribution in [0, 0.1) is 0 Å². The Morgan fingerprint density at radius 1 is 1.65 bits per heavy atom. The lowest BCUT2D eigenvalue weighted by Crippen LogP contribution is -2.26. The summed E-state index contributed by atoms with van der Waals surface area (Å²) in [5.74, 6) is -0.776. The molecule has 1 aromatic heterocycles. The molecule has 0 aromatic carbocycles. The normalized spacial score (nSPS) is 11.2. The van der Waals surface area contributed by atoms with Gasteiger partial charge in [0, 0.05) is 6.54 Å². The van der Waals surface area contributed by atoms with Crippen molar-refractivity contribution in [2.24, 2.45) is 0 Å². The molecular weight excluding hydrogens is 264 g/mol. The van der Waals surface area contributed by atoms with Gasteiger partial charge in [0.2, 0.25) is 0 Å². The van der Waals surface area contributed by atoms with Crippen molar-refractivity contribution in [3.05, 3.63) is 23.4 Å². The number of esters is 1. The Hall–Kier alpha value is -1.25. The predicted molar refractivity (Wildman–Crippen MR) is 63.5 cm³/mol. The van der Waals surface area contributed by atoms with Gasteiger partial charge in [0.25, 0.3) is 10.0 Å². The van der Waals surface area contributed by atoms with Crippen molar-refractivity contribution in [3.8, 4) is 0 Å². The van der Waals surface area contributed by atoms with Gasteiger partial charge in [0.05, 0.1) is 12.6 Å². The number of carbonyl (C=O) groups excluding carboxylic acids is 1. The Morgan fingerprint density at radius 3 is 2.82 bits per heavy atom. The van der Waals surface area contributed by atoms with Crippen LogP contribution in [0.25, 0.3) is 0 Å². The van der Waals surface area contributed by atoms with E-state index in [1.54, 1.807) is 6.92 Å². The molecule has 0 fully saturated rings. The minimum atomic E-state index is -3.75. The number of sulfonamides is 1. The standard InChI is InChI=1S/C9H12N2O4S2/c1-6(2)4-11-17(13,14)9-7(8(12)15-3)10-5-16-9/h5,11H,1,4H2,2-3H3. The maximum atomic E-state index is 11.8. The van der Waals surface area contributed by atoms with Gasteiger partial charge in [0.1, 0.15) is 0 Å². The molecule has 8 heteroatoms. The topological polar surface area (TPSA) is 85.4 Å². The lowest BCUT2D eigenvalue weighted by atomic mass is 10.4. The summed E-state index contributed by atoms with van der Waals surface area (Å²) in [6.45, 7) is 5.39. The van der Waals surface area contributed by atoms with Gasteiger partial charge in [-0.3, -0.25) is 0 Å². The van der Waals surface area contributed by atoms with Gasteiger partial charge in [-0.05, 0) is 6.92 Å². The van der Waals surface area contributed by atoms with E-state index in [4.69, 9.17) is 0 Å². The summed E-state index contributed by atoms with van der Waals surface area (Å²) < 4.78 is 30.3. The lowest BCUT2D eigenvalue weighted by molar-refractivity contribution is 0.0590. The van der Waals surface area contributed by atoms with E-state index in [0.29, 0.717) is 5.57 Å². The Bertz CT molecular complexity index is 533. The first-order valence-electron chi connectivity index (χ1n) is 4.54. The van der Waals surface area contributed by atoms with Crippen LogP contribution in [0.3, 0.4) is 0 Å². The van der Waals surface area contributed by atoms with Crippen molar-refractivity contribution in [2.75, 3.05) is 13.7 Å². The van der Waals surface area contributed by atoms with E-state index in [1.807, 2.05) is 0 Å². The molecule has 1 aromatic rings. The van der Waals surface area contributed by atoms with E-state index in [-0.39, 0.29) is 16.4 Å². The summed E-state index contributed by atoms with van der Waals surface area (Å²) >= 11 is 0.860. The van der Waals surface area contributed by atoms with Gasteiger partial charge in [-0.1, -0.05) is 12.2 Å². The number of hydrogen-bond acceptors (Lipinski definition) is 6. The summed E-state index contributed by atoms with van der Waals surface area (Å²) in [5, 5.41) is 0. The van der Waals surface area contributed by atoms with E-state index in [0.717, 1.165) is 11.3 Å². The van der Waals surface area contributed by atoms with Crippen LogP contribution in [-0.2, 0) is 14.8 Å². The Balaban J connectivity index is 3.03. The largest absolute Gasteiger partial charge is 0.464 e. The van der Waals surface area contributed by atoms with Crippen molar-refractivity contribution >= 4 is 27.3 Å². The van der Waals surface area contributed by atoms with Crippen molar-refractivity contribution in [3.63, 3.8) is 0 Å². The number of rotatable bonds is 5. The maximum Gasteiger partial charge on any atom is 0.358 e. The molecule has 0 aliphatic carbocycles. The molecule has 0 bridgehead atoms. The van der Waals surface area contributed by atoms with E-state index in [1.165, 1.54) is 12.6 Å². The van der Waals surface area contributed by atoms with E-state index in [9.17, 15) is 13.2 Å². The molecular formula is C9H12N2O4S2. The van der Waals surface area contributed by atoms with Crippen LogP contribution in [-0.4, -0.2) is 33.0 Å². The molecule has 1 heterocycles. The van der Waals surface area contributed by atoms with Crippen molar-refractivity contribution < 1.29 is 17.9 Å². The van der Waals surface area contributed by atoms with Gasteiger partial charge in [-0.2, -0.15) is 0 Å². The van der Waals surface area contributed by atoms with E-state index >= 15 is 0 Å². The first-order valence-corrected chi connectivity index (χ1v) is 6.90. The van der Waals surface area contributed by atoms with Gasteiger partial charge >= 0.3 is 5.97 Å². The number of ether oxygens (including phenoxy) is 1. The van der Waals surface area contributed by atoms with Crippen LogP contribution in [0.1, 0.15) is 17.4 Å². The predicted octanol–water partition coefficient (Wildman–Crippen LogP) is 0.784. The molecule has 0 amide bonds. The number of aromatic nitrogens is 1. The fourth-order valence-electron chi connectivity index (χ4n) is 0.943. The highest BCUT2D eigenvalue weighted by Gasteiger charge is 2.26. The van der Waals surface area contributed by atoms with Gasteiger partial charge in [-0.15, -0.1) is 11.3 Å². The fourth-order valence-corrected chi connectivity index (χ4v) is 3.21.